The first-order valence-corrected chi connectivity index (χ1v) is 12.4. The zero-order valence-corrected chi connectivity index (χ0v) is 19.5. The molecule has 2 heterocycles. The van der Waals surface area contributed by atoms with E-state index in [1.807, 2.05) is 30.3 Å². The van der Waals surface area contributed by atoms with Crippen LogP contribution in [0.3, 0.4) is 0 Å². The summed E-state index contributed by atoms with van der Waals surface area (Å²) in [5.74, 6) is 1.78. The zero-order valence-electron chi connectivity index (χ0n) is 19.5. The van der Waals surface area contributed by atoms with Gasteiger partial charge in [0.05, 0.1) is 0 Å². The van der Waals surface area contributed by atoms with Crippen molar-refractivity contribution in [2.45, 2.75) is 32.0 Å². The first kappa shape index (κ1) is 22.1. The molecule has 2 aliphatic rings. The molecule has 0 saturated carbocycles. The molecule has 2 saturated heterocycles. The summed E-state index contributed by atoms with van der Waals surface area (Å²) >= 11 is 0. The summed E-state index contributed by atoms with van der Waals surface area (Å²) in [6, 6.07) is 30.2. The molecule has 2 aliphatic heterocycles. The minimum Gasteiger partial charge on any atom is -0.457 e. The van der Waals surface area contributed by atoms with Crippen molar-refractivity contribution < 1.29 is 4.74 Å². The van der Waals surface area contributed by atoms with E-state index in [9.17, 15) is 0 Å². The Hall–Kier alpha value is -2.66. The highest BCUT2D eigenvalue weighted by atomic mass is 16.5. The molecule has 4 heteroatoms. The number of ether oxygens (including phenoxy) is 1. The second kappa shape index (κ2) is 11.0. The summed E-state index contributed by atoms with van der Waals surface area (Å²) in [6.07, 6.45) is 2.57. The molecule has 0 amide bonds. The van der Waals surface area contributed by atoms with Crippen LogP contribution < -0.4 is 4.74 Å². The Balaban J connectivity index is 1.04. The van der Waals surface area contributed by atoms with E-state index in [-0.39, 0.29) is 0 Å². The van der Waals surface area contributed by atoms with Gasteiger partial charge in [-0.15, -0.1) is 0 Å². The van der Waals surface area contributed by atoms with Gasteiger partial charge in [0.25, 0.3) is 0 Å². The molecule has 0 radical (unpaired) electrons. The molecule has 2 fully saturated rings. The largest absolute Gasteiger partial charge is 0.457 e. The van der Waals surface area contributed by atoms with Gasteiger partial charge in [0, 0.05) is 45.3 Å². The molecule has 3 aromatic carbocycles. The Morgan fingerprint density at radius 1 is 0.545 bits per heavy atom. The van der Waals surface area contributed by atoms with E-state index in [4.69, 9.17) is 4.74 Å². The van der Waals surface area contributed by atoms with Crippen molar-refractivity contribution in [2.24, 2.45) is 0 Å². The number of para-hydroxylation sites is 1. The molecular formula is C29H35N3O. The lowest BCUT2D eigenvalue weighted by Gasteiger charge is -2.42. The van der Waals surface area contributed by atoms with Gasteiger partial charge in [-0.1, -0.05) is 60.7 Å². The van der Waals surface area contributed by atoms with E-state index in [0.717, 1.165) is 30.6 Å². The van der Waals surface area contributed by atoms with Crippen LogP contribution in [-0.4, -0.2) is 60.0 Å². The third kappa shape index (κ3) is 6.23. The summed E-state index contributed by atoms with van der Waals surface area (Å²) in [4.78, 5) is 7.95. The Morgan fingerprint density at radius 2 is 1.06 bits per heavy atom. The van der Waals surface area contributed by atoms with Crippen molar-refractivity contribution in [2.75, 3.05) is 39.3 Å². The Bertz CT molecular complexity index is 961. The van der Waals surface area contributed by atoms with E-state index < -0.39 is 0 Å². The van der Waals surface area contributed by atoms with Crippen LogP contribution in [0.25, 0.3) is 0 Å². The molecule has 0 atom stereocenters. The van der Waals surface area contributed by atoms with Crippen LogP contribution in [0, 0.1) is 0 Å². The highest BCUT2D eigenvalue weighted by Gasteiger charge is 2.27. The molecular weight excluding hydrogens is 406 g/mol. The lowest BCUT2D eigenvalue weighted by atomic mass is 10.0. The molecule has 0 aliphatic carbocycles. The minimum atomic E-state index is 0.752. The van der Waals surface area contributed by atoms with Crippen LogP contribution in [-0.2, 0) is 13.1 Å². The van der Waals surface area contributed by atoms with Gasteiger partial charge >= 0.3 is 0 Å². The first-order chi connectivity index (χ1) is 16.3. The topological polar surface area (TPSA) is 19.0 Å². The third-order valence-electron chi connectivity index (χ3n) is 7.04. The number of rotatable bonds is 7. The van der Waals surface area contributed by atoms with Crippen molar-refractivity contribution in [3.05, 3.63) is 96.1 Å². The molecule has 0 unspecified atom stereocenters. The number of likely N-dealkylation sites (tertiary alicyclic amines) is 1. The summed E-state index contributed by atoms with van der Waals surface area (Å²) < 4.78 is 5.92. The van der Waals surface area contributed by atoms with E-state index in [1.54, 1.807) is 0 Å². The molecule has 0 spiro atoms. The van der Waals surface area contributed by atoms with Gasteiger partial charge in [0.2, 0.25) is 0 Å². The van der Waals surface area contributed by atoms with E-state index in [1.165, 1.54) is 63.2 Å². The average molecular weight is 442 g/mol. The second-order valence-electron chi connectivity index (χ2n) is 9.36. The monoisotopic (exact) mass is 441 g/mol. The predicted molar refractivity (Wildman–Crippen MR) is 135 cm³/mol. The van der Waals surface area contributed by atoms with Gasteiger partial charge in [-0.3, -0.25) is 14.7 Å². The fraction of sp³-hybridized carbons (Fsp3) is 0.379. The summed E-state index contributed by atoms with van der Waals surface area (Å²) in [5.41, 5.74) is 2.79. The fourth-order valence-corrected chi connectivity index (χ4v) is 5.12. The van der Waals surface area contributed by atoms with E-state index in [2.05, 4.69) is 69.3 Å². The predicted octanol–water partition coefficient (Wildman–Crippen LogP) is 5.26. The highest BCUT2D eigenvalue weighted by molar-refractivity contribution is 5.33. The van der Waals surface area contributed by atoms with Crippen molar-refractivity contribution in [3.63, 3.8) is 0 Å². The standard InChI is InChI=1S/C29H35N3O/c1-3-7-25(8-4-1)23-31-19-21-32(22-20-31)27-15-17-30(18-16-27)24-26-11-13-29(14-12-26)33-28-9-5-2-6-10-28/h1-14,27H,15-24H2. The van der Waals surface area contributed by atoms with Crippen LogP contribution in [0.1, 0.15) is 24.0 Å². The lowest BCUT2D eigenvalue weighted by Crippen LogP contribution is -2.52. The van der Waals surface area contributed by atoms with Gasteiger partial charge in [-0.2, -0.15) is 0 Å². The molecule has 0 aromatic heterocycles. The molecule has 33 heavy (non-hydrogen) atoms. The summed E-state index contributed by atoms with van der Waals surface area (Å²) in [5, 5.41) is 0. The van der Waals surface area contributed by atoms with Crippen LogP contribution in [0.4, 0.5) is 0 Å². The second-order valence-corrected chi connectivity index (χ2v) is 9.36. The maximum Gasteiger partial charge on any atom is 0.127 e. The lowest BCUT2D eigenvalue weighted by molar-refractivity contribution is 0.0550. The molecule has 4 nitrogen and oxygen atoms in total. The number of benzene rings is 3. The number of piperidine rings is 1. The molecule has 0 bridgehead atoms. The summed E-state index contributed by atoms with van der Waals surface area (Å²) in [6.45, 7) is 9.29. The number of nitrogens with zero attached hydrogens (tertiary/aromatic N) is 3. The third-order valence-corrected chi connectivity index (χ3v) is 7.04. The van der Waals surface area contributed by atoms with Gasteiger partial charge in [0.1, 0.15) is 11.5 Å². The smallest absolute Gasteiger partial charge is 0.127 e. The van der Waals surface area contributed by atoms with Crippen LogP contribution in [0.2, 0.25) is 0 Å². The maximum absolute atomic E-state index is 5.92. The molecule has 0 N–H and O–H groups in total. The minimum absolute atomic E-state index is 0.752. The zero-order chi connectivity index (χ0) is 22.3. The van der Waals surface area contributed by atoms with Crippen molar-refractivity contribution in [3.8, 4) is 11.5 Å². The van der Waals surface area contributed by atoms with Crippen molar-refractivity contribution in [1.29, 1.82) is 0 Å². The Morgan fingerprint density at radius 3 is 1.70 bits per heavy atom. The number of hydrogen-bond donors (Lipinski definition) is 0. The quantitative estimate of drug-likeness (QED) is 0.498. The number of hydrogen-bond acceptors (Lipinski definition) is 4. The Kier molecular flexibility index (Phi) is 7.36. The molecule has 5 rings (SSSR count). The van der Waals surface area contributed by atoms with Crippen LogP contribution in [0.15, 0.2) is 84.9 Å². The molecule has 172 valence electrons. The van der Waals surface area contributed by atoms with Crippen LogP contribution >= 0.6 is 0 Å². The van der Waals surface area contributed by atoms with E-state index >= 15 is 0 Å². The number of piperazine rings is 1. The van der Waals surface area contributed by atoms with Crippen molar-refractivity contribution in [1.82, 2.24) is 14.7 Å². The fourth-order valence-electron chi connectivity index (χ4n) is 5.12. The Labute approximate surface area is 198 Å². The normalized spacial score (nSPS) is 18.9. The highest BCUT2D eigenvalue weighted by Crippen LogP contribution is 2.23. The van der Waals surface area contributed by atoms with Gasteiger partial charge in [-0.05, 0) is 61.3 Å². The maximum atomic E-state index is 5.92. The molecule has 3 aromatic rings. The van der Waals surface area contributed by atoms with Gasteiger partial charge < -0.3 is 4.74 Å². The van der Waals surface area contributed by atoms with Crippen molar-refractivity contribution >= 4 is 0 Å². The summed E-state index contributed by atoms with van der Waals surface area (Å²) in [7, 11) is 0. The average Bonchev–Trinajstić information content (AvgIpc) is 2.88. The first-order valence-electron chi connectivity index (χ1n) is 12.4. The van der Waals surface area contributed by atoms with Gasteiger partial charge in [-0.25, -0.2) is 0 Å². The van der Waals surface area contributed by atoms with Crippen LogP contribution in [0.5, 0.6) is 11.5 Å². The van der Waals surface area contributed by atoms with Gasteiger partial charge in [0.15, 0.2) is 0 Å². The van der Waals surface area contributed by atoms with E-state index in [0.29, 0.717) is 0 Å². The SMILES string of the molecule is c1ccc(CN2CCN(C3CCN(Cc4ccc(Oc5ccccc5)cc4)CC3)CC2)cc1.